The molecule has 0 fully saturated rings. The van der Waals surface area contributed by atoms with Crippen LogP contribution in [-0.4, -0.2) is 11.2 Å². The Hall–Kier alpha value is 1.38. The molecule has 0 saturated carbocycles. The van der Waals surface area contributed by atoms with Crippen molar-refractivity contribution >= 4 is 45.7 Å². The highest BCUT2D eigenvalue weighted by Gasteiger charge is 1.99. The zero-order chi connectivity index (χ0) is 14.8. The molecule has 0 saturated heterocycles. The Labute approximate surface area is 148 Å². The average molecular weight is 497 g/mol. The first-order chi connectivity index (χ1) is 9.22. The van der Waals surface area contributed by atoms with Crippen LogP contribution in [0, 0.1) is 0 Å². The number of unbranched alkanes of at least 4 members (excludes halogenated alkanes) is 9. The molecule has 1 atom stereocenters. The molecular weight excluding hydrogens is 464 g/mol. The molecule has 0 aliphatic heterocycles. The summed E-state index contributed by atoms with van der Waals surface area (Å²) in [6.45, 7) is 4.33. The molecule has 4 heteroatoms. The molecule has 0 bridgehead atoms. The van der Waals surface area contributed by atoms with Crippen LogP contribution in [-0.2, 0) is 0 Å². The summed E-state index contributed by atoms with van der Waals surface area (Å²) in [5, 5.41) is 9.38. The number of nitrogens with one attached hydrogen (secondary N) is 1. The fourth-order valence-electron chi connectivity index (χ4n) is 2.07. The molecule has 19 heavy (non-hydrogen) atoms. The van der Waals surface area contributed by atoms with Gasteiger partial charge in [0.2, 0.25) is 0 Å². The van der Waals surface area contributed by atoms with E-state index in [0.29, 0.717) is 0 Å². The highest BCUT2D eigenvalue weighted by molar-refractivity contribution is 14.2. The molecule has 118 valence electrons. The summed E-state index contributed by atoms with van der Waals surface area (Å²) < 4.78 is 2.69. The minimum atomic E-state index is -0.0472. The Morgan fingerprint density at radius 1 is 0.789 bits per heavy atom. The lowest BCUT2D eigenvalue weighted by Gasteiger charge is -2.06. The highest BCUT2D eigenvalue weighted by Crippen LogP contribution is 2.12. The zero-order valence-electron chi connectivity index (χ0n) is 12.8. The summed E-state index contributed by atoms with van der Waals surface area (Å²) in [5.74, 6) is 0. The van der Waals surface area contributed by atoms with Crippen molar-refractivity contribution in [3.63, 3.8) is 0 Å². The maximum Gasteiger partial charge on any atom is 0.0537 e. The maximum absolute atomic E-state index is 9.38. The van der Waals surface area contributed by atoms with Gasteiger partial charge in [0.1, 0.15) is 0 Å². The van der Waals surface area contributed by atoms with E-state index in [1.165, 1.54) is 64.2 Å². The second-order valence-corrected chi connectivity index (χ2v) is 8.25. The average Bonchev–Trinajstić information content (AvgIpc) is 2.41. The van der Waals surface area contributed by atoms with Gasteiger partial charge in [0.25, 0.3) is 0 Å². The number of aliphatic hydroxyl groups excluding tert-OH is 1. The maximum atomic E-state index is 9.38. The van der Waals surface area contributed by atoms with E-state index in [1.807, 2.05) is 45.7 Å². The van der Waals surface area contributed by atoms with E-state index in [-0.39, 0.29) is 6.10 Å². The van der Waals surface area contributed by atoms with Crippen LogP contribution in [0.5, 0.6) is 0 Å². The number of hydrogen-bond acceptors (Lipinski definition) is 2. The van der Waals surface area contributed by atoms with E-state index < -0.39 is 0 Å². The third-order valence-corrected chi connectivity index (χ3v) is 3.36. The van der Waals surface area contributed by atoms with Gasteiger partial charge in [-0.1, -0.05) is 78.1 Å². The Morgan fingerprint density at radius 3 is 1.53 bits per heavy atom. The molecule has 0 aromatic rings. The summed E-state index contributed by atoms with van der Waals surface area (Å²) in [7, 11) is 0. The van der Waals surface area contributed by atoms with Crippen LogP contribution in [0.15, 0.2) is 0 Å². The molecule has 0 aromatic heterocycles. The number of aliphatic hydroxyl groups is 1. The van der Waals surface area contributed by atoms with Gasteiger partial charge in [-0.15, -0.1) is 0 Å². The van der Waals surface area contributed by atoms with Crippen LogP contribution in [0.25, 0.3) is 0 Å². The minimum absolute atomic E-state index is 0.0472. The van der Waals surface area contributed by atoms with E-state index in [1.54, 1.807) is 0 Å². The van der Waals surface area contributed by atoms with Crippen LogP contribution >= 0.6 is 45.7 Å². The summed E-state index contributed by atoms with van der Waals surface area (Å²) in [4.78, 5) is 0. The molecule has 2 nitrogen and oxygen atoms in total. The molecule has 1 unspecified atom stereocenters. The monoisotopic (exact) mass is 497 g/mol. The molecule has 0 aliphatic rings. The van der Waals surface area contributed by atoms with Gasteiger partial charge in [-0.3, -0.25) is 0 Å². The van der Waals surface area contributed by atoms with Crippen molar-refractivity contribution in [1.29, 1.82) is 0 Å². The lowest BCUT2D eigenvalue weighted by Crippen LogP contribution is -2.03. The van der Waals surface area contributed by atoms with Gasteiger partial charge < -0.3 is 5.11 Å². The number of hydrogen-bond donors (Lipinski definition) is 2. The summed E-state index contributed by atoms with van der Waals surface area (Å²) in [6, 6.07) is 0. The Morgan fingerprint density at radius 2 is 1.16 bits per heavy atom. The lowest BCUT2D eigenvalue weighted by molar-refractivity contribution is 0.156. The van der Waals surface area contributed by atoms with Gasteiger partial charge in [-0.2, -0.15) is 0 Å². The molecule has 0 heterocycles. The van der Waals surface area contributed by atoms with Crippen LogP contribution in [0.2, 0.25) is 0 Å². The van der Waals surface area contributed by atoms with Crippen molar-refractivity contribution in [2.75, 3.05) is 0 Å². The van der Waals surface area contributed by atoms with Gasteiger partial charge in [-0.25, -0.2) is 1.74 Å². The first-order valence-electron chi connectivity index (χ1n) is 7.87. The van der Waals surface area contributed by atoms with Crippen molar-refractivity contribution in [2.24, 2.45) is 0 Å². The quantitative estimate of drug-likeness (QED) is 0.187. The smallest absolute Gasteiger partial charge is 0.0537 e. The highest BCUT2D eigenvalue weighted by atomic mass is 127. The van der Waals surface area contributed by atoms with E-state index in [2.05, 4.69) is 15.6 Å². The first-order valence-corrected chi connectivity index (χ1v) is 10.0. The largest absolute Gasteiger partial charge is 0.393 e. The molecule has 2 N–H and O–H groups in total. The van der Waals surface area contributed by atoms with Gasteiger partial charge in [-0.05, 0) is 12.8 Å². The molecule has 0 radical (unpaired) electrons. The summed E-state index contributed by atoms with van der Waals surface area (Å²) in [5.41, 5.74) is 0. The topological polar surface area (TPSA) is 32.3 Å². The fraction of sp³-hybridized carbons (Fsp3) is 1.00. The van der Waals surface area contributed by atoms with E-state index in [0.717, 1.165) is 12.8 Å². The van der Waals surface area contributed by atoms with Gasteiger partial charge in [0, 0.05) is 45.7 Å². The van der Waals surface area contributed by atoms with Crippen LogP contribution in [0.3, 0.4) is 0 Å². The summed E-state index contributed by atoms with van der Waals surface area (Å²) >= 11 is 4.05. The molecule has 0 amide bonds. The van der Waals surface area contributed by atoms with Crippen molar-refractivity contribution in [3.8, 4) is 0 Å². The van der Waals surface area contributed by atoms with Gasteiger partial charge in [0.15, 0.2) is 0 Å². The Kier molecular flexibility index (Phi) is 25.8. The normalized spacial score (nSPS) is 11.8. The van der Waals surface area contributed by atoms with Gasteiger partial charge in [0.05, 0.1) is 6.10 Å². The van der Waals surface area contributed by atoms with Crippen LogP contribution < -0.4 is 1.74 Å². The molecular formula is C15H33I2NO. The predicted molar refractivity (Wildman–Crippen MR) is 104 cm³/mol. The van der Waals surface area contributed by atoms with Gasteiger partial charge >= 0.3 is 0 Å². The van der Waals surface area contributed by atoms with Crippen LogP contribution in [0.4, 0.5) is 0 Å². The second kappa shape index (κ2) is 21.7. The molecule has 0 spiro atoms. The summed E-state index contributed by atoms with van der Waals surface area (Å²) in [6.07, 6.45) is 15.6. The van der Waals surface area contributed by atoms with Crippen molar-refractivity contribution < 1.29 is 5.11 Å². The minimum Gasteiger partial charge on any atom is -0.393 e. The molecule has 0 aromatic carbocycles. The standard InChI is InChI=1S/C15H32O.HI2N/c1-3-5-6-7-8-9-10-11-12-13-14-15(16)4-2;1-3-2/h15-16H,3-14H2,1-2H3;3H. The van der Waals surface area contributed by atoms with E-state index >= 15 is 0 Å². The third kappa shape index (κ3) is 24.7. The second-order valence-electron chi connectivity index (χ2n) is 5.10. The van der Waals surface area contributed by atoms with Crippen molar-refractivity contribution in [3.05, 3.63) is 0 Å². The number of halogens is 2. The van der Waals surface area contributed by atoms with Crippen LogP contribution in [0.1, 0.15) is 90.9 Å². The van der Waals surface area contributed by atoms with E-state index in [4.69, 9.17) is 0 Å². The molecule has 0 aliphatic carbocycles. The SMILES string of the molecule is CCCCCCCCCCCCC(O)CC.INI. The predicted octanol–water partition coefficient (Wildman–Crippen LogP) is 6.34. The lowest BCUT2D eigenvalue weighted by atomic mass is 10.0. The molecule has 0 rings (SSSR count). The van der Waals surface area contributed by atoms with Crippen molar-refractivity contribution in [1.82, 2.24) is 1.74 Å². The first kappa shape index (κ1) is 22.7. The fourth-order valence-corrected chi connectivity index (χ4v) is 2.07. The Bertz CT molecular complexity index is 148. The number of rotatable bonds is 12. The third-order valence-electron chi connectivity index (χ3n) is 3.36. The van der Waals surface area contributed by atoms with Crippen molar-refractivity contribution in [2.45, 2.75) is 97.0 Å². The van der Waals surface area contributed by atoms with E-state index in [9.17, 15) is 5.11 Å². The Balaban J connectivity index is 0. The zero-order valence-corrected chi connectivity index (χ0v) is 17.1.